The van der Waals surface area contributed by atoms with Crippen LogP contribution < -0.4 is 4.72 Å². The Hall–Kier alpha value is -2.26. The van der Waals surface area contributed by atoms with E-state index in [-0.39, 0.29) is 11.0 Å². The van der Waals surface area contributed by atoms with Crippen LogP contribution in [0.2, 0.25) is 5.15 Å². The monoisotopic (exact) mass is 331 g/mol. The molecule has 0 fully saturated rings. The summed E-state index contributed by atoms with van der Waals surface area (Å²) in [5.41, 5.74) is -0.810. The van der Waals surface area contributed by atoms with Gasteiger partial charge in [-0.2, -0.15) is 4.39 Å². The molecule has 0 atom stereocenters. The van der Waals surface area contributed by atoms with Crippen molar-refractivity contribution in [3.63, 3.8) is 0 Å². The third kappa shape index (κ3) is 3.44. The molecule has 0 saturated carbocycles. The smallest absolute Gasteiger partial charge is 0.263 e. The summed E-state index contributed by atoms with van der Waals surface area (Å²) in [5.74, 6) is -1.30. The van der Waals surface area contributed by atoms with Gasteiger partial charge in [0.05, 0.1) is 9.82 Å². The minimum Gasteiger partial charge on any atom is -0.263 e. The molecule has 2 rings (SSSR count). The lowest BCUT2D eigenvalue weighted by atomic mass is 10.3. The Kier molecular flexibility index (Phi) is 4.05. The quantitative estimate of drug-likeness (QED) is 0.527. The average molecular weight is 332 g/mol. The first-order chi connectivity index (χ1) is 9.79. The predicted molar refractivity (Wildman–Crippen MR) is 73.1 cm³/mol. The lowest BCUT2D eigenvalue weighted by Crippen LogP contribution is -2.14. The van der Waals surface area contributed by atoms with Crippen LogP contribution >= 0.6 is 11.6 Å². The van der Waals surface area contributed by atoms with Crippen molar-refractivity contribution in [2.75, 3.05) is 4.72 Å². The predicted octanol–water partition coefficient (Wildman–Crippen LogP) is 2.58. The molecule has 1 heterocycles. The second kappa shape index (κ2) is 5.62. The summed E-state index contributed by atoms with van der Waals surface area (Å²) < 4.78 is 39.6. The van der Waals surface area contributed by atoms with Crippen molar-refractivity contribution >= 4 is 33.1 Å². The Morgan fingerprint density at radius 3 is 2.57 bits per heavy atom. The molecule has 1 aromatic carbocycles. The number of rotatable bonds is 4. The largest absolute Gasteiger partial charge is 0.304 e. The number of benzene rings is 1. The van der Waals surface area contributed by atoms with E-state index in [0.29, 0.717) is 6.07 Å². The molecule has 110 valence electrons. The van der Waals surface area contributed by atoms with Crippen LogP contribution in [-0.2, 0) is 10.0 Å². The lowest BCUT2D eigenvalue weighted by Gasteiger charge is -2.07. The molecule has 21 heavy (non-hydrogen) atoms. The summed E-state index contributed by atoms with van der Waals surface area (Å²) in [4.78, 5) is 12.8. The van der Waals surface area contributed by atoms with Crippen molar-refractivity contribution in [1.29, 1.82) is 0 Å². The van der Waals surface area contributed by atoms with Crippen molar-refractivity contribution in [1.82, 2.24) is 4.98 Å². The van der Waals surface area contributed by atoms with Gasteiger partial charge in [0.15, 0.2) is 0 Å². The fourth-order valence-corrected chi connectivity index (χ4v) is 2.64. The maximum Gasteiger partial charge on any atom is 0.304 e. The van der Waals surface area contributed by atoms with Crippen LogP contribution in [0.1, 0.15) is 0 Å². The van der Waals surface area contributed by atoms with Crippen LogP contribution in [0.25, 0.3) is 0 Å². The van der Waals surface area contributed by atoms with Gasteiger partial charge in [0.25, 0.3) is 10.0 Å². The summed E-state index contributed by atoms with van der Waals surface area (Å²) in [7, 11) is -4.13. The molecule has 0 bridgehead atoms. The SMILES string of the molecule is O=[N+]([O-])c1ccc(S(=O)(=O)Nc2cccc(Cl)n2)cc1F. The Bertz CT molecular complexity index is 813. The third-order valence-electron chi connectivity index (χ3n) is 2.38. The van der Waals surface area contributed by atoms with Crippen molar-refractivity contribution in [2.45, 2.75) is 4.90 Å². The first-order valence-electron chi connectivity index (χ1n) is 5.39. The van der Waals surface area contributed by atoms with Crippen LogP contribution in [0.4, 0.5) is 15.9 Å². The summed E-state index contributed by atoms with van der Waals surface area (Å²) in [5, 5.41) is 10.6. The highest BCUT2D eigenvalue weighted by Crippen LogP contribution is 2.22. The number of nitrogens with zero attached hydrogens (tertiary/aromatic N) is 2. The summed E-state index contributed by atoms with van der Waals surface area (Å²) in [6, 6.07) is 6.54. The molecule has 0 radical (unpaired) electrons. The molecule has 0 aliphatic rings. The van der Waals surface area contributed by atoms with Crippen LogP contribution in [0.3, 0.4) is 0 Å². The Morgan fingerprint density at radius 1 is 1.29 bits per heavy atom. The number of anilines is 1. The lowest BCUT2D eigenvalue weighted by molar-refractivity contribution is -0.387. The van der Waals surface area contributed by atoms with Gasteiger partial charge in [0.2, 0.25) is 5.82 Å². The fraction of sp³-hybridized carbons (Fsp3) is 0. The zero-order valence-corrected chi connectivity index (χ0v) is 11.7. The third-order valence-corrected chi connectivity index (χ3v) is 3.94. The zero-order chi connectivity index (χ0) is 15.6. The van der Waals surface area contributed by atoms with E-state index in [0.717, 1.165) is 12.1 Å². The summed E-state index contributed by atoms with van der Waals surface area (Å²) in [6.45, 7) is 0. The Balaban J connectivity index is 2.36. The van der Waals surface area contributed by atoms with Crippen LogP contribution in [-0.4, -0.2) is 18.3 Å². The number of hydrogen-bond acceptors (Lipinski definition) is 5. The molecule has 0 unspecified atom stereocenters. The minimum absolute atomic E-state index is 0.0544. The maximum absolute atomic E-state index is 13.5. The van der Waals surface area contributed by atoms with Crippen molar-refractivity contribution < 1.29 is 17.7 Å². The van der Waals surface area contributed by atoms with Gasteiger partial charge in [-0.15, -0.1) is 0 Å². The number of pyridine rings is 1. The van der Waals surface area contributed by atoms with Gasteiger partial charge >= 0.3 is 5.69 Å². The van der Waals surface area contributed by atoms with E-state index < -0.39 is 31.3 Å². The number of sulfonamides is 1. The van der Waals surface area contributed by atoms with E-state index in [1.807, 2.05) is 0 Å². The molecule has 1 aromatic heterocycles. The van der Waals surface area contributed by atoms with Crippen LogP contribution in [0, 0.1) is 15.9 Å². The van der Waals surface area contributed by atoms with Gasteiger partial charge in [-0.05, 0) is 18.2 Å². The molecule has 1 N–H and O–H groups in total. The number of nitrogens with one attached hydrogen (secondary N) is 1. The molecular weight excluding hydrogens is 325 g/mol. The van der Waals surface area contributed by atoms with E-state index in [1.165, 1.54) is 18.2 Å². The summed E-state index contributed by atoms with van der Waals surface area (Å²) in [6.07, 6.45) is 0. The number of nitro groups is 1. The minimum atomic E-state index is -4.13. The van der Waals surface area contributed by atoms with Gasteiger partial charge in [0, 0.05) is 12.1 Å². The average Bonchev–Trinajstić information content (AvgIpc) is 2.37. The Morgan fingerprint density at radius 2 is 2.00 bits per heavy atom. The first kappa shape index (κ1) is 15.1. The maximum atomic E-state index is 13.5. The molecule has 0 saturated heterocycles. The highest BCUT2D eigenvalue weighted by atomic mass is 35.5. The van der Waals surface area contributed by atoms with Gasteiger partial charge < -0.3 is 0 Å². The normalized spacial score (nSPS) is 11.1. The Labute approximate surface area is 123 Å². The second-order valence-electron chi connectivity index (χ2n) is 3.82. The number of aromatic nitrogens is 1. The molecular formula is C11H7ClFN3O4S. The van der Waals surface area contributed by atoms with Crippen molar-refractivity contribution in [2.24, 2.45) is 0 Å². The zero-order valence-electron chi connectivity index (χ0n) is 10.2. The van der Waals surface area contributed by atoms with Gasteiger partial charge in [0.1, 0.15) is 11.0 Å². The van der Waals surface area contributed by atoms with Crippen molar-refractivity contribution in [3.8, 4) is 0 Å². The van der Waals surface area contributed by atoms with E-state index in [4.69, 9.17) is 11.6 Å². The summed E-state index contributed by atoms with van der Waals surface area (Å²) >= 11 is 5.62. The van der Waals surface area contributed by atoms with Gasteiger partial charge in [-0.3, -0.25) is 14.8 Å². The fourth-order valence-electron chi connectivity index (χ4n) is 1.46. The number of nitro benzene ring substituents is 1. The standard InChI is InChI=1S/C11H7ClFN3O4S/c12-10-2-1-3-11(14-10)15-21(19,20)7-4-5-9(16(17)18)8(13)6-7/h1-6H,(H,14,15). The number of halogens is 2. The molecule has 0 amide bonds. The topological polar surface area (TPSA) is 102 Å². The van der Waals surface area contributed by atoms with Crippen LogP contribution in [0.5, 0.6) is 0 Å². The molecule has 0 aliphatic heterocycles. The van der Waals surface area contributed by atoms with Crippen LogP contribution in [0.15, 0.2) is 41.3 Å². The van der Waals surface area contributed by atoms with E-state index >= 15 is 0 Å². The van der Waals surface area contributed by atoms with Gasteiger partial charge in [-0.1, -0.05) is 17.7 Å². The molecule has 2 aromatic rings. The van der Waals surface area contributed by atoms with E-state index in [1.54, 1.807) is 0 Å². The van der Waals surface area contributed by atoms with E-state index in [2.05, 4.69) is 9.71 Å². The first-order valence-corrected chi connectivity index (χ1v) is 7.25. The van der Waals surface area contributed by atoms with Crippen molar-refractivity contribution in [3.05, 3.63) is 57.5 Å². The van der Waals surface area contributed by atoms with E-state index in [9.17, 15) is 22.9 Å². The molecule has 0 aliphatic carbocycles. The molecule has 7 nitrogen and oxygen atoms in total. The second-order valence-corrected chi connectivity index (χ2v) is 5.89. The highest BCUT2D eigenvalue weighted by molar-refractivity contribution is 7.92. The molecule has 10 heteroatoms. The molecule has 0 spiro atoms. The number of hydrogen-bond donors (Lipinski definition) is 1. The van der Waals surface area contributed by atoms with Gasteiger partial charge in [-0.25, -0.2) is 13.4 Å². The highest BCUT2D eigenvalue weighted by Gasteiger charge is 2.21.